The molecule has 1 fully saturated rings. The third-order valence-electron chi connectivity index (χ3n) is 2.79. The van der Waals surface area contributed by atoms with E-state index in [4.69, 9.17) is 5.11 Å². The van der Waals surface area contributed by atoms with Crippen molar-refractivity contribution >= 4 is 23.8 Å². The zero-order chi connectivity index (χ0) is 14.0. The summed E-state index contributed by atoms with van der Waals surface area (Å²) in [5.74, 6) is -2.36. The van der Waals surface area contributed by atoms with Gasteiger partial charge in [-0.25, -0.2) is 14.8 Å². The quantitative estimate of drug-likeness (QED) is 0.747. The number of hydrogen-bond acceptors (Lipinski definition) is 6. The number of anilines is 1. The Kier molecular flexibility index (Phi) is 3.41. The number of carbonyl (C=O) groups is 3. The molecule has 1 saturated heterocycles. The van der Waals surface area contributed by atoms with Gasteiger partial charge in [-0.2, -0.15) is 0 Å². The van der Waals surface area contributed by atoms with Gasteiger partial charge in [-0.3, -0.25) is 14.5 Å². The van der Waals surface area contributed by atoms with Crippen LogP contribution in [0.2, 0.25) is 0 Å². The summed E-state index contributed by atoms with van der Waals surface area (Å²) in [4.78, 5) is 42.6. The first-order valence-corrected chi connectivity index (χ1v) is 5.46. The van der Waals surface area contributed by atoms with Crippen molar-refractivity contribution in [1.29, 1.82) is 0 Å². The number of rotatable bonds is 3. The molecular formula is C11H11N3O5. The van der Waals surface area contributed by atoms with E-state index in [-0.39, 0.29) is 30.4 Å². The van der Waals surface area contributed by atoms with E-state index in [1.54, 1.807) is 0 Å². The Balaban J connectivity index is 2.16. The lowest BCUT2D eigenvalue weighted by molar-refractivity contribution is -0.145. The first-order valence-electron chi connectivity index (χ1n) is 5.46. The minimum Gasteiger partial charge on any atom is -0.478 e. The molecule has 1 aliphatic heterocycles. The van der Waals surface area contributed by atoms with Gasteiger partial charge in [0.05, 0.1) is 18.6 Å². The highest BCUT2D eigenvalue weighted by Gasteiger charge is 2.37. The summed E-state index contributed by atoms with van der Waals surface area (Å²) in [6.45, 7) is 0.137. The number of amides is 1. The van der Waals surface area contributed by atoms with Crippen molar-refractivity contribution in [3.8, 4) is 0 Å². The standard InChI is InChI=1S/C11H11N3O5/c1-19-10(18)6-2-8(15)14(5-6)11-12-3-7(4-13-11)9(16)17/h3-4,6H,2,5H2,1H3,(H,16,17). The number of methoxy groups -OCH3 is 1. The van der Waals surface area contributed by atoms with Crippen LogP contribution in [0.15, 0.2) is 12.4 Å². The van der Waals surface area contributed by atoms with Crippen molar-refractivity contribution in [2.45, 2.75) is 6.42 Å². The maximum atomic E-state index is 11.7. The normalized spacial score (nSPS) is 18.5. The number of carboxylic acids is 1. The van der Waals surface area contributed by atoms with E-state index in [2.05, 4.69) is 14.7 Å². The zero-order valence-electron chi connectivity index (χ0n) is 10.1. The molecule has 1 aliphatic rings. The Morgan fingerprint density at radius 2 is 2.05 bits per heavy atom. The predicted molar refractivity (Wildman–Crippen MR) is 61.5 cm³/mol. The van der Waals surface area contributed by atoms with Gasteiger partial charge in [-0.1, -0.05) is 0 Å². The highest BCUT2D eigenvalue weighted by atomic mass is 16.5. The van der Waals surface area contributed by atoms with E-state index in [1.807, 2.05) is 0 Å². The molecule has 0 spiro atoms. The molecule has 1 N–H and O–H groups in total. The minimum atomic E-state index is -1.15. The number of aromatic nitrogens is 2. The van der Waals surface area contributed by atoms with Gasteiger partial charge in [0.25, 0.3) is 0 Å². The SMILES string of the molecule is COC(=O)C1CC(=O)N(c2ncc(C(=O)O)cn2)C1. The minimum absolute atomic E-state index is 0.0384. The third-order valence-corrected chi connectivity index (χ3v) is 2.79. The van der Waals surface area contributed by atoms with E-state index >= 15 is 0 Å². The molecule has 1 unspecified atom stereocenters. The first-order chi connectivity index (χ1) is 9.02. The second kappa shape index (κ2) is 5.01. The fourth-order valence-electron chi connectivity index (χ4n) is 1.80. The van der Waals surface area contributed by atoms with E-state index < -0.39 is 17.9 Å². The molecule has 2 heterocycles. The van der Waals surface area contributed by atoms with Gasteiger partial charge < -0.3 is 9.84 Å². The first kappa shape index (κ1) is 12.9. The van der Waals surface area contributed by atoms with Crippen molar-refractivity contribution in [1.82, 2.24) is 9.97 Å². The smallest absolute Gasteiger partial charge is 0.338 e. The molecule has 1 atom stereocenters. The maximum Gasteiger partial charge on any atom is 0.338 e. The molecule has 0 aliphatic carbocycles. The largest absolute Gasteiger partial charge is 0.478 e. The third kappa shape index (κ3) is 2.51. The Bertz CT molecular complexity index is 528. The van der Waals surface area contributed by atoms with Crippen LogP contribution in [-0.4, -0.2) is 46.6 Å². The topological polar surface area (TPSA) is 110 Å². The molecule has 0 aromatic carbocycles. The average molecular weight is 265 g/mol. The second-order valence-electron chi connectivity index (χ2n) is 4.01. The number of ether oxygens (including phenoxy) is 1. The summed E-state index contributed by atoms with van der Waals surface area (Å²) < 4.78 is 4.58. The Hall–Kier alpha value is -2.51. The van der Waals surface area contributed by atoms with Gasteiger partial charge >= 0.3 is 11.9 Å². The molecule has 100 valence electrons. The fraction of sp³-hybridized carbons (Fsp3) is 0.364. The molecular weight excluding hydrogens is 254 g/mol. The Morgan fingerprint density at radius 3 is 2.58 bits per heavy atom. The molecule has 1 aromatic heterocycles. The lowest BCUT2D eigenvalue weighted by atomic mass is 10.1. The second-order valence-corrected chi connectivity index (χ2v) is 4.01. The fourth-order valence-corrected chi connectivity index (χ4v) is 1.80. The van der Waals surface area contributed by atoms with Crippen LogP contribution >= 0.6 is 0 Å². The molecule has 8 heteroatoms. The summed E-state index contributed by atoms with van der Waals surface area (Å²) in [5.41, 5.74) is -0.0695. The van der Waals surface area contributed by atoms with Gasteiger partial charge in [0.2, 0.25) is 11.9 Å². The van der Waals surface area contributed by atoms with Gasteiger partial charge in [0.1, 0.15) is 0 Å². The summed E-state index contributed by atoms with van der Waals surface area (Å²) in [7, 11) is 1.26. The highest BCUT2D eigenvalue weighted by molar-refractivity contribution is 5.98. The number of aromatic carboxylic acids is 1. The monoisotopic (exact) mass is 265 g/mol. The summed E-state index contributed by atoms with van der Waals surface area (Å²) in [5, 5.41) is 8.72. The van der Waals surface area contributed by atoms with Crippen molar-refractivity contribution < 1.29 is 24.2 Å². The summed E-state index contributed by atoms with van der Waals surface area (Å²) in [6.07, 6.45) is 2.27. The van der Waals surface area contributed by atoms with E-state index in [0.29, 0.717) is 0 Å². The predicted octanol–water partition coefficient (Wildman–Crippen LogP) is -0.299. The molecule has 1 amide bonds. The average Bonchev–Trinajstić information content (AvgIpc) is 2.80. The molecule has 0 radical (unpaired) electrons. The van der Waals surface area contributed by atoms with Crippen LogP contribution in [-0.2, 0) is 14.3 Å². The van der Waals surface area contributed by atoms with Crippen molar-refractivity contribution in [3.05, 3.63) is 18.0 Å². The van der Waals surface area contributed by atoms with Gasteiger partial charge in [-0.05, 0) is 0 Å². The van der Waals surface area contributed by atoms with Crippen LogP contribution in [0.4, 0.5) is 5.95 Å². The van der Waals surface area contributed by atoms with Crippen LogP contribution in [0.5, 0.6) is 0 Å². The zero-order valence-corrected chi connectivity index (χ0v) is 10.1. The number of nitrogens with zero attached hydrogens (tertiary/aromatic N) is 3. The van der Waals surface area contributed by atoms with E-state index in [1.165, 1.54) is 12.0 Å². The Labute approximate surface area is 108 Å². The molecule has 0 bridgehead atoms. The van der Waals surface area contributed by atoms with Crippen molar-refractivity contribution in [2.24, 2.45) is 5.92 Å². The lowest BCUT2D eigenvalue weighted by Gasteiger charge is -2.13. The molecule has 1 aromatic rings. The highest BCUT2D eigenvalue weighted by Crippen LogP contribution is 2.22. The van der Waals surface area contributed by atoms with Crippen molar-refractivity contribution in [2.75, 3.05) is 18.6 Å². The molecule has 2 rings (SSSR count). The van der Waals surface area contributed by atoms with Crippen molar-refractivity contribution in [3.63, 3.8) is 0 Å². The van der Waals surface area contributed by atoms with Crippen LogP contribution in [0, 0.1) is 5.92 Å². The molecule has 19 heavy (non-hydrogen) atoms. The van der Waals surface area contributed by atoms with Crippen LogP contribution in [0.1, 0.15) is 16.8 Å². The number of hydrogen-bond donors (Lipinski definition) is 1. The van der Waals surface area contributed by atoms with Gasteiger partial charge in [0, 0.05) is 25.4 Å². The van der Waals surface area contributed by atoms with Gasteiger partial charge in [0.15, 0.2) is 0 Å². The van der Waals surface area contributed by atoms with Gasteiger partial charge in [-0.15, -0.1) is 0 Å². The van der Waals surface area contributed by atoms with E-state index in [9.17, 15) is 14.4 Å². The lowest BCUT2D eigenvalue weighted by Crippen LogP contribution is -2.28. The van der Waals surface area contributed by atoms with Crippen LogP contribution in [0.25, 0.3) is 0 Å². The summed E-state index contributed by atoms with van der Waals surface area (Å²) in [6, 6.07) is 0. The molecule has 0 saturated carbocycles. The Morgan fingerprint density at radius 1 is 1.42 bits per heavy atom. The van der Waals surface area contributed by atoms with Crippen LogP contribution in [0.3, 0.4) is 0 Å². The summed E-state index contributed by atoms with van der Waals surface area (Å²) >= 11 is 0. The number of carboxylic acid groups (broad SMARTS) is 1. The maximum absolute atomic E-state index is 11.7. The number of carbonyl (C=O) groups excluding carboxylic acids is 2. The molecule has 8 nitrogen and oxygen atoms in total. The van der Waals surface area contributed by atoms with E-state index in [0.717, 1.165) is 12.4 Å². The number of esters is 1. The van der Waals surface area contributed by atoms with Crippen LogP contribution < -0.4 is 4.90 Å².